The van der Waals surface area contributed by atoms with Crippen LogP contribution in [-0.4, -0.2) is 31.8 Å². The van der Waals surface area contributed by atoms with E-state index in [1.54, 1.807) is 0 Å². The Labute approximate surface area is 127 Å². The van der Waals surface area contributed by atoms with Gasteiger partial charge < -0.3 is 15.4 Å². The van der Waals surface area contributed by atoms with Gasteiger partial charge >= 0.3 is 0 Å². The van der Waals surface area contributed by atoms with Gasteiger partial charge in [0.2, 0.25) is 0 Å². The Hall–Kier alpha value is -0.770. The number of rotatable bonds is 5. The summed E-state index contributed by atoms with van der Waals surface area (Å²) in [5.41, 5.74) is 8.15. The molecule has 0 spiro atoms. The molecule has 2 rings (SSSR count). The maximum Gasteiger partial charge on any atom is 0.0750 e. The van der Waals surface area contributed by atoms with E-state index in [0.29, 0.717) is 6.10 Å². The third kappa shape index (κ3) is 4.11. The average molecular weight is 297 g/mol. The molecule has 1 fully saturated rings. The van der Waals surface area contributed by atoms with Gasteiger partial charge in [0.05, 0.1) is 16.8 Å². The van der Waals surface area contributed by atoms with Crippen LogP contribution in [0.5, 0.6) is 0 Å². The number of hydrogen-bond donors (Lipinski definition) is 1. The van der Waals surface area contributed by atoms with Crippen molar-refractivity contribution in [3.63, 3.8) is 0 Å². The van der Waals surface area contributed by atoms with E-state index in [4.69, 9.17) is 22.1 Å². The number of anilines is 1. The summed E-state index contributed by atoms with van der Waals surface area (Å²) in [6.45, 7) is 6.82. The summed E-state index contributed by atoms with van der Waals surface area (Å²) in [4.78, 5) is 2.34. The smallest absolute Gasteiger partial charge is 0.0750 e. The zero-order chi connectivity index (χ0) is 14.5. The molecule has 112 valence electrons. The molecule has 0 aliphatic carbocycles. The molecule has 0 saturated carbocycles. The van der Waals surface area contributed by atoms with E-state index < -0.39 is 0 Å². The number of halogens is 1. The molecule has 3 nitrogen and oxygen atoms in total. The lowest BCUT2D eigenvalue weighted by atomic mass is 10.0. The second-order valence-corrected chi connectivity index (χ2v) is 6.04. The number of hydrogen-bond acceptors (Lipinski definition) is 3. The van der Waals surface area contributed by atoms with E-state index >= 15 is 0 Å². The number of nitrogens with two attached hydrogens (primary N) is 1. The van der Waals surface area contributed by atoms with Gasteiger partial charge in [0.1, 0.15) is 0 Å². The van der Waals surface area contributed by atoms with Crippen molar-refractivity contribution in [1.82, 2.24) is 0 Å². The SMILES string of the molecule is CCOC1CCCN(c2ccc(CC(C)N)cc2Cl)C1. The molecule has 0 amide bonds. The molecule has 0 bridgehead atoms. The quantitative estimate of drug-likeness (QED) is 0.906. The normalized spacial score (nSPS) is 21.0. The Balaban J connectivity index is 2.08. The number of benzene rings is 1. The summed E-state index contributed by atoms with van der Waals surface area (Å²) >= 11 is 6.45. The van der Waals surface area contributed by atoms with E-state index in [1.807, 2.05) is 13.0 Å². The van der Waals surface area contributed by atoms with Crippen molar-refractivity contribution >= 4 is 17.3 Å². The summed E-state index contributed by atoms with van der Waals surface area (Å²) in [5.74, 6) is 0. The molecule has 1 saturated heterocycles. The Morgan fingerprint density at radius 3 is 2.95 bits per heavy atom. The molecule has 1 heterocycles. The molecule has 1 aliphatic rings. The zero-order valence-electron chi connectivity index (χ0n) is 12.4. The monoisotopic (exact) mass is 296 g/mol. The first-order valence-electron chi connectivity index (χ1n) is 7.50. The van der Waals surface area contributed by atoms with Crippen molar-refractivity contribution in [2.75, 3.05) is 24.6 Å². The Morgan fingerprint density at radius 1 is 1.50 bits per heavy atom. The Morgan fingerprint density at radius 2 is 2.30 bits per heavy atom. The molecule has 4 heteroatoms. The lowest BCUT2D eigenvalue weighted by Gasteiger charge is -2.34. The lowest BCUT2D eigenvalue weighted by molar-refractivity contribution is 0.0527. The van der Waals surface area contributed by atoms with Crippen molar-refractivity contribution in [2.24, 2.45) is 5.73 Å². The van der Waals surface area contributed by atoms with Crippen LogP contribution >= 0.6 is 11.6 Å². The number of ether oxygens (including phenoxy) is 1. The maximum atomic E-state index is 6.45. The minimum Gasteiger partial charge on any atom is -0.377 e. The average Bonchev–Trinajstić information content (AvgIpc) is 2.39. The van der Waals surface area contributed by atoms with E-state index in [1.165, 1.54) is 5.56 Å². The van der Waals surface area contributed by atoms with Gasteiger partial charge in [-0.05, 0) is 50.8 Å². The van der Waals surface area contributed by atoms with Crippen molar-refractivity contribution in [2.45, 2.75) is 45.3 Å². The summed E-state index contributed by atoms with van der Waals surface area (Å²) in [7, 11) is 0. The van der Waals surface area contributed by atoms with E-state index in [0.717, 1.165) is 49.7 Å². The number of piperidine rings is 1. The van der Waals surface area contributed by atoms with Gasteiger partial charge in [-0.1, -0.05) is 17.7 Å². The first kappa shape index (κ1) is 15.6. The molecule has 2 unspecified atom stereocenters. The second kappa shape index (κ2) is 7.30. The summed E-state index contributed by atoms with van der Waals surface area (Å²) in [6, 6.07) is 6.46. The first-order valence-corrected chi connectivity index (χ1v) is 7.88. The Bertz CT molecular complexity index is 434. The molecule has 20 heavy (non-hydrogen) atoms. The fourth-order valence-electron chi connectivity index (χ4n) is 2.83. The van der Waals surface area contributed by atoms with Gasteiger partial charge in [-0.15, -0.1) is 0 Å². The predicted octanol–water partition coefficient (Wildman–Crippen LogP) is 3.24. The van der Waals surface area contributed by atoms with Gasteiger partial charge in [0, 0.05) is 25.7 Å². The molecule has 1 aromatic carbocycles. The van der Waals surface area contributed by atoms with Crippen molar-refractivity contribution in [1.29, 1.82) is 0 Å². The Kier molecular flexibility index (Phi) is 5.70. The molecule has 2 atom stereocenters. The van der Waals surface area contributed by atoms with Crippen LogP contribution in [0.15, 0.2) is 18.2 Å². The third-order valence-electron chi connectivity index (χ3n) is 3.69. The lowest BCUT2D eigenvalue weighted by Crippen LogP contribution is -2.39. The number of nitrogens with zero attached hydrogens (tertiary/aromatic N) is 1. The van der Waals surface area contributed by atoms with E-state index in [-0.39, 0.29) is 6.04 Å². The fraction of sp³-hybridized carbons (Fsp3) is 0.625. The summed E-state index contributed by atoms with van der Waals surface area (Å²) in [5, 5.41) is 0.820. The van der Waals surface area contributed by atoms with Gasteiger partial charge in [0.15, 0.2) is 0 Å². The molecule has 0 radical (unpaired) electrons. The van der Waals surface area contributed by atoms with Crippen LogP contribution in [0.2, 0.25) is 5.02 Å². The fourth-order valence-corrected chi connectivity index (χ4v) is 3.16. The molecule has 2 N–H and O–H groups in total. The standard InChI is InChI=1S/C16H25ClN2O/c1-3-20-14-5-4-8-19(11-14)16-7-6-13(9-12(2)18)10-15(16)17/h6-7,10,12,14H,3-5,8-9,11,18H2,1-2H3. The highest BCUT2D eigenvalue weighted by atomic mass is 35.5. The van der Waals surface area contributed by atoms with Crippen LogP contribution in [0.4, 0.5) is 5.69 Å². The zero-order valence-corrected chi connectivity index (χ0v) is 13.2. The molecular formula is C16H25ClN2O. The van der Waals surface area contributed by atoms with Crippen LogP contribution in [-0.2, 0) is 11.2 Å². The molecule has 1 aliphatic heterocycles. The molecular weight excluding hydrogens is 272 g/mol. The summed E-state index contributed by atoms with van der Waals surface area (Å²) in [6.07, 6.45) is 3.49. The minimum absolute atomic E-state index is 0.161. The highest BCUT2D eigenvalue weighted by Crippen LogP contribution is 2.30. The van der Waals surface area contributed by atoms with Gasteiger partial charge in [-0.3, -0.25) is 0 Å². The summed E-state index contributed by atoms with van der Waals surface area (Å²) < 4.78 is 5.75. The van der Waals surface area contributed by atoms with Crippen molar-refractivity contribution < 1.29 is 4.74 Å². The maximum absolute atomic E-state index is 6.45. The second-order valence-electron chi connectivity index (χ2n) is 5.63. The van der Waals surface area contributed by atoms with Crippen LogP contribution in [0.25, 0.3) is 0 Å². The van der Waals surface area contributed by atoms with E-state index in [2.05, 4.69) is 24.0 Å². The van der Waals surface area contributed by atoms with Crippen LogP contribution < -0.4 is 10.6 Å². The van der Waals surface area contributed by atoms with E-state index in [9.17, 15) is 0 Å². The van der Waals surface area contributed by atoms with Crippen molar-refractivity contribution in [3.05, 3.63) is 28.8 Å². The molecule has 1 aromatic rings. The molecule has 0 aromatic heterocycles. The van der Waals surface area contributed by atoms with Gasteiger partial charge in [-0.2, -0.15) is 0 Å². The van der Waals surface area contributed by atoms with Crippen LogP contribution in [0, 0.1) is 0 Å². The third-order valence-corrected chi connectivity index (χ3v) is 3.99. The first-order chi connectivity index (χ1) is 9.60. The van der Waals surface area contributed by atoms with Crippen molar-refractivity contribution in [3.8, 4) is 0 Å². The topological polar surface area (TPSA) is 38.5 Å². The van der Waals surface area contributed by atoms with Crippen LogP contribution in [0.1, 0.15) is 32.3 Å². The highest BCUT2D eigenvalue weighted by Gasteiger charge is 2.21. The van der Waals surface area contributed by atoms with Crippen LogP contribution in [0.3, 0.4) is 0 Å². The van der Waals surface area contributed by atoms with Gasteiger partial charge in [-0.25, -0.2) is 0 Å². The highest BCUT2D eigenvalue weighted by molar-refractivity contribution is 6.33. The predicted molar refractivity (Wildman–Crippen MR) is 85.7 cm³/mol. The van der Waals surface area contributed by atoms with Gasteiger partial charge in [0.25, 0.3) is 0 Å². The minimum atomic E-state index is 0.161. The largest absolute Gasteiger partial charge is 0.377 e.